The van der Waals surface area contributed by atoms with Crippen LogP contribution in [0.1, 0.15) is 43.5 Å². The van der Waals surface area contributed by atoms with Crippen molar-refractivity contribution in [2.75, 3.05) is 4.72 Å². The van der Waals surface area contributed by atoms with Gasteiger partial charge in [0.2, 0.25) is 0 Å². The first-order valence-corrected chi connectivity index (χ1v) is 11.7. The van der Waals surface area contributed by atoms with E-state index in [0.29, 0.717) is 23.1 Å². The summed E-state index contributed by atoms with van der Waals surface area (Å²) in [4.78, 5) is 12.9. The van der Waals surface area contributed by atoms with Crippen molar-refractivity contribution in [2.45, 2.75) is 44.0 Å². The third-order valence-electron chi connectivity index (χ3n) is 5.52. The lowest BCUT2D eigenvalue weighted by Gasteiger charge is -2.34. The first-order valence-electron chi connectivity index (χ1n) is 9.45. The third-order valence-corrected chi connectivity index (χ3v) is 7.45. The Bertz CT molecular complexity index is 944. The molecule has 1 aliphatic rings. The minimum absolute atomic E-state index is 0.152. The monoisotopic (exact) mass is 464 g/mol. The average Bonchev–Trinajstić information content (AvgIpc) is 2.65. The highest BCUT2D eigenvalue weighted by Gasteiger charge is 2.28. The molecule has 1 aliphatic carbocycles. The quantitative estimate of drug-likeness (QED) is 0.666. The zero-order valence-electron chi connectivity index (χ0n) is 16.0. The van der Waals surface area contributed by atoms with Crippen molar-refractivity contribution in [3.63, 3.8) is 0 Å². The smallest absolute Gasteiger partial charge is 0.261 e. The number of anilines is 1. The topological polar surface area (TPSA) is 75.3 Å². The minimum atomic E-state index is -3.72. The molecule has 2 N–H and O–H groups in total. The lowest BCUT2D eigenvalue weighted by Crippen LogP contribution is -2.43. The zero-order valence-corrected chi connectivity index (χ0v) is 18.4. The second-order valence-corrected chi connectivity index (χ2v) is 10.1. The van der Waals surface area contributed by atoms with Crippen LogP contribution in [0.5, 0.6) is 0 Å². The number of carbonyl (C=O) groups excluding carboxylic acids is 1. The number of rotatable bonds is 5. The van der Waals surface area contributed by atoms with Gasteiger partial charge in [0.1, 0.15) is 0 Å². The molecular formula is C21H25BrN2O3S. The molecule has 0 aliphatic heterocycles. The van der Waals surface area contributed by atoms with Crippen LogP contribution in [0.25, 0.3) is 0 Å². The molecule has 1 fully saturated rings. The van der Waals surface area contributed by atoms with Gasteiger partial charge in [-0.1, -0.05) is 48.7 Å². The number of hydrogen-bond acceptors (Lipinski definition) is 3. The van der Waals surface area contributed by atoms with E-state index in [1.807, 2.05) is 0 Å². The Morgan fingerprint density at radius 1 is 1.07 bits per heavy atom. The standard InChI is InChI=1S/C21H25BrN2O3S/c1-14-5-3-8-20(15(14)2)23-21(25)16-6-4-7-18(13-16)24-28(26,27)19-11-9-17(22)10-12-19/h4,6-7,9-15,20,24H,3,5,8H2,1-2H3,(H,23,25)/t14-,15+,20+/m1/s1. The van der Waals surface area contributed by atoms with E-state index in [0.717, 1.165) is 17.3 Å². The summed E-state index contributed by atoms with van der Waals surface area (Å²) in [7, 11) is -3.72. The fraction of sp³-hybridized carbons (Fsp3) is 0.381. The molecule has 28 heavy (non-hydrogen) atoms. The van der Waals surface area contributed by atoms with Crippen molar-refractivity contribution >= 4 is 37.5 Å². The van der Waals surface area contributed by atoms with Crippen LogP contribution in [0.4, 0.5) is 5.69 Å². The van der Waals surface area contributed by atoms with Crippen LogP contribution >= 0.6 is 15.9 Å². The predicted octanol–water partition coefficient (Wildman–Crippen LogP) is 4.80. The van der Waals surface area contributed by atoms with Gasteiger partial charge in [-0.2, -0.15) is 0 Å². The highest BCUT2D eigenvalue weighted by molar-refractivity contribution is 9.10. The largest absolute Gasteiger partial charge is 0.349 e. The van der Waals surface area contributed by atoms with Crippen molar-refractivity contribution in [3.05, 3.63) is 58.6 Å². The van der Waals surface area contributed by atoms with Crippen LogP contribution in [0, 0.1) is 11.8 Å². The van der Waals surface area contributed by atoms with Crippen LogP contribution in [-0.2, 0) is 10.0 Å². The van der Waals surface area contributed by atoms with Gasteiger partial charge in [-0.3, -0.25) is 9.52 Å². The van der Waals surface area contributed by atoms with E-state index < -0.39 is 10.0 Å². The predicted molar refractivity (Wildman–Crippen MR) is 115 cm³/mol. The maximum absolute atomic E-state index is 12.7. The lowest BCUT2D eigenvalue weighted by molar-refractivity contribution is 0.0891. The van der Waals surface area contributed by atoms with Gasteiger partial charge in [0.15, 0.2) is 0 Å². The van der Waals surface area contributed by atoms with Gasteiger partial charge in [-0.05, 0) is 60.7 Å². The summed E-state index contributed by atoms with van der Waals surface area (Å²) in [5, 5.41) is 3.12. The van der Waals surface area contributed by atoms with Gasteiger partial charge >= 0.3 is 0 Å². The van der Waals surface area contributed by atoms with Crippen molar-refractivity contribution < 1.29 is 13.2 Å². The molecule has 0 heterocycles. The average molecular weight is 465 g/mol. The van der Waals surface area contributed by atoms with E-state index in [4.69, 9.17) is 0 Å². The Labute approximate surface area is 175 Å². The number of sulfonamides is 1. The van der Waals surface area contributed by atoms with E-state index in [2.05, 4.69) is 39.8 Å². The van der Waals surface area contributed by atoms with E-state index in [-0.39, 0.29) is 16.8 Å². The molecule has 150 valence electrons. The SMILES string of the molecule is C[C@H]1[C@H](C)CCC[C@@H]1NC(=O)c1cccc(NS(=O)(=O)c2ccc(Br)cc2)c1. The molecule has 3 atom stereocenters. The molecule has 5 nitrogen and oxygen atoms in total. The maximum atomic E-state index is 12.7. The molecule has 0 saturated heterocycles. The Kier molecular flexibility index (Phi) is 6.45. The van der Waals surface area contributed by atoms with Gasteiger partial charge in [-0.25, -0.2) is 8.42 Å². The van der Waals surface area contributed by atoms with Crippen LogP contribution in [-0.4, -0.2) is 20.4 Å². The minimum Gasteiger partial charge on any atom is -0.349 e. The summed E-state index contributed by atoms with van der Waals surface area (Å²) in [6.07, 6.45) is 3.29. The lowest BCUT2D eigenvalue weighted by atomic mass is 9.78. The van der Waals surface area contributed by atoms with Gasteiger partial charge in [0.25, 0.3) is 15.9 Å². The molecular weight excluding hydrogens is 440 g/mol. The summed E-state index contributed by atoms with van der Waals surface area (Å²) < 4.78 is 28.5. The second kappa shape index (κ2) is 8.66. The highest BCUT2D eigenvalue weighted by atomic mass is 79.9. The normalized spacial score (nSPS) is 22.5. The highest BCUT2D eigenvalue weighted by Crippen LogP contribution is 2.29. The van der Waals surface area contributed by atoms with E-state index in [1.165, 1.54) is 18.6 Å². The summed E-state index contributed by atoms with van der Waals surface area (Å²) in [5.74, 6) is 0.843. The molecule has 0 bridgehead atoms. The number of benzene rings is 2. The van der Waals surface area contributed by atoms with Crippen molar-refractivity contribution in [1.29, 1.82) is 0 Å². The van der Waals surface area contributed by atoms with Gasteiger partial charge in [-0.15, -0.1) is 0 Å². The van der Waals surface area contributed by atoms with Crippen molar-refractivity contribution in [3.8, 4) is 0 Å². The van der Waals surface area contributed by atoms with Crippen LogP contribution in [0.2, 0.25) is 0 Å². The van der Waals surface area contributed by atoms with Crippen molar-refractivity contribution in [2.24, 2.45) is 11.8 Å². The fourth-order valence-electron chi connectivity index (χ4n) is 3.59. The number of nitrogens with one attached hydrogen (secondary N) is 2. The number of hydrogen-bond donors (Lipinski definition) is 2. The summed E-state index contributed by atoms with van der Waals surface area (Å²) in [5.41, 5.74) is 0.807. The Hall–Kier alpha value is -1.86. The Morgan fingerprint density at radius 2 is 1.79 bits per heavy atom. The number of halogens is 1. The molecule has 0 radical (unpaired) electrons. The number of carbonyl (C=O) groups is 1. The zero-order chi connectivity index (χ0) is 20.3. The first kappa shape index (κ1) is 20.9. The van der Waals surface area contributed by atoms with Gasteiger partial charge in [0.05, 0.1) is 4.90 Å². The maximum Gasteiger partial charge on any atom is 0.261 e. The molecule has 1 saturated carbocycles. The van der Waals surface area contributed by atoms with Crippen LogP contribution in [0.3, 0.4) is 0 Å². The molecule has 1 amide bonds. The second-order valence-electron chi connectivity index (χ2n) is 7.49. The molecule has 0 aromatic heterocycles. The van der Waals surface area contributed by atoms with E-state index in [1.54, 1.807) is 36.4 Å². The molecule has 7 heteroatoms. The summed E-state index contributed by atoms with van der Waals surface area (Å²) >= 11 is 3.29. The van der Waals surface area contributed by atoms with Gasteiger partial charge in [0, 0.05) is 21.8 Å². The van der Waals surface area contributed by atoms with Crippen LogP contribution < -0.4 is 10.0 Å². The fourth-order valence-corrected chi connectivity index (χ4v) is 4.90. The molecule has 0 spiro atoms. The Morgan fingerprint density at radius 3 is 2.50 bits per heavy atom. The summed E-state index contributed by atoms with van der Waals surface area (Å²) in [6.45, 7) is 4.40. The molecule has 2 aromatic carbocycles. The van der Waals surface area contributed by atoms with Crippen molar-refractivity contribution in [1.82, 2.24) is 5.32 Å². The summed E-state index contributed by atoms with van der Waals surface area (Å²) in [6, 6.07) is 13.1. The third kappa shape index (κ3) is 4.94. The van der Waals surface area contributed by atoms with Gasteiger partial charge < -0.3 is 5.32 Å². The number of amides is 1. The molecule has 0 unspecified atom stereocenters. The first-order chi connectivity index (χ1) is 13.3. The molecule has 3 rings (SSSR count). The van der Waals surface area contributed by atoms with E-state index in [9.17, 15) is 13.2 Å². The molecule has 2 aromatic rings. The van der Waals surface area contributed by atoms with Crippen LogP contribution in [0.15, 0.2) is 57.9 Å². The Balaban J connectivity index is 1.73. The van der Waals surface area contributed by atoms with E-state index >= 15 is 0 Å².